The molecule has 0 radical (unpaired) electrons. The van der Waals surface area contributed by atoms with Crippen molar-refractivity contribution < 1.29 is 33.8 Å². The zero-order chi connectivity index (χ0) is 31.6. The van der Waals surface area contributed by atoms with E-state index in [0.717, 1.165) is 11.1 Å². The number of amides is 2. The first-order valence-corrected chi connectivity index (χ1v) is 14.1. The van der Waals surface area contributed by atoms with Crippen LogP contribution in [-0.2, 0) is 30.5 Å². The molecule has 0 aliphatic carbocycles. The summed E-state index contributed by atoms with van der Waals surface area (Å²) in [5.41, 5.74) is 1.51. The maximum atomic E-state index is 13.6. The second-order valence-corrected chi connectivity index (χ2v) is 10.8. The van der Waals surface area contributed by atoms with E-state index < -0.39 is 47.2 Å². The summed E-state index contributed by atoms with van der Waals surface area (Å²) < 4.78 is 10.7. The first kappa shape index (κ1) is 32.9. The highest BCUT2D eigenvalue weighted by atomic mass is 16.5. The number of hydrogen-bond donors (Lipinski definition) is 3. The van der Waals surface area contributed by atoms with E-state index in [4.69, 9.17) is 9.47 Å². The number of benzene rings is 2. The van der Waals surface area contributed by atoms with Crippen LogP contribution < -0.4 is 10.6 Å². The fraction of sp³-hybridized carbons (Fsp3) is 0.364. The molecule has 0 saturated heterocycles. The monoisotopic (exact) mass is 589 g/mol. The number of aliphatic carboxylic acids is 1. The molecule has 228 valence electrons. The number of Topliss-reactive ketones (excluding diaryl/α,β-unsaturated/α-hetero) is 1. The molecule has 0 fully saturated rings. The number of carbonyl (C=O) groups is 4. The summed E-state index contributed by atoms with van der Waals surface area (Å²) in [5, 5.41) is 15.1. The topological polar surface area (TPSA) is 143 Å². The minimum atomic E-state index is -1.40. The van der Waals surface area contributed by atoms with Gasteiger partial charge in [0.05, 0.1) is 31.4 Å². The number of hydrogen-bond acceptors (Lipinski definition) is 7. The lowest BCUT2D eigenvalue weighted by atomic mass is 9.83. The summed E-state index contributed by atoms with van der Waals surface area (Å²) in [6, 6.07) is 15.5. The number of rotatable bonds is 14. The second kappa shape index (κ2) is 15.1. The number of carboxylic acid groups (broad SMARTS) is 1. The Bertz CT molecular complexity index is 1380. The summed E-state index contributed by atoms with van der Waals surface area (Å²) in [5.74, 6) is -3.35. The molecule has 43 heavy (non-hydrogen) atoms. The van der Waals surface area contributed by atoms with E-state index in [1.807, 2.05) is 49.4 Å². The van der Waals surface area contributed by atoms with Crippen molar-refractivity contribution in [2.45, 2.75) is 58.2 Å². The molecule has 1 heterocycles. The standard InChI is InChI=1S/C33H39N3O7/c1-6-43-32(41)36-33(4,5)31(40)35-27(20-42-19-23-10-8-7-9-11-23)29(37)22(3)26-17-16-25(18-34-26)28(30(38)39)24-14-12-21(2)13-15-24/h7-15,17-18,25,27-28H,3,6,16,19-20H2,1-2,4-5H3,(H,35,40)(H,36,41)(H,38,39). The molecular formula is C33H39N3O7. The average molecular weight is 590 g/mol. The van der Waals surface area contributed by atoms with E-state index in [0.29, 0.717) is 17.7 Å². The van der Waals surface area contributed by atoms with Crippen molar-refractivity contribution in [1.29, 1.82) is 0 Å². The van der Waals surface area contributed by atoms with E-state index in [1.165, 1.54) is 20.1 Å². The second-order valence-electron chi connectivity index (χ2n) is 10.8. The van der Waals surface area contributed by atoms with Gasteiger partial charge in [0.25, 0.3) is 0 Å². The normalized spacial score (nSPS) is 15.9. The Kier molecular flexibility index (Phi) is 11.5. The number of nitrogens with zero attached hydrogens (tertiary/aromatic N) is 1. The highest BCUT2D eigenvalue weighted by Crippen LogP contribution is 2.31. The molecule has 3 N–H and O–H groups in total. The van der Waals surface area contributed by atoms with Gasteiger partial charge >= 0.3 is 12.1 Å². The number of alkyl carbamates (subject to hydrolysis) is 1. The predicted octanol–water partition coefficient (Wildman–Crippen LogP) is 4.49. The van der Waals surface area contributed by atoms with Gasteiger partial charge in [-0.1, -0.05) is 72.8 Å². The number of carbonyl (C=O) groups excluding carboxylic acids is 3. The van der Waals surface area contributed by atoms with Gasteiger partial charge < -0.3 is 25.2 Å². The molecule has 3 rings (SSSR count). The molecule has 0 saturated carbocycles. The van der Waals surface area contributed by atoms with Crippen molar-refractivity contribution >= 4 is 30.0 Å². The molecule has 2 aromatic rings. The average Bonchev–Trinajstić information content (AvgIpc) is 2.97. The smallest absolute Gasteiger partial charge is 0.407 e. The summed E-state index contributed by atoms with van der Waals surface area (Å²) >= 11 is 0. The quantitative estimate of drug-likeness (QED) is 0.276. The van der Waals surface area contributed by atoms with Crippen molar-refractivity contribution in [2.75, 3.05) is 13.2 Å². The number of ether oxygens (including phenoxy) is 2. The molecule has 3 atom stereocenters. The molecule has 1 aliphatic heterocycles. The Labute approximate surface area is 251 Å². The van der Waals surface area contributed by atoms with Crippen molar-refractivity contribution in [3.05, 3.63) is 95.2 Å². The number of allylic oxidation sites excluding steroid dienone is 2. The largest absolute Gasteiger partial charge is 0.481 e. The molecule has 2 aromatic carbocycles. The van der Waals surface area contributed by atoms with Gasteiger partial charge in [0.15, 0.2) is 5.78 Å². The predicted molar refractivity (Wildman–Crippen MR) is 163 cm³/mol. The summed E-state index contributed by atoms with van der Waals surface area (Å²) in [4.78, 5) is 55.3. The van der Waals surface area contributed by atoms with Crippen molar-refractivity contribution in [1.82, 2.24) is 10.6 Å². The van der Waals surface area contributed by atoms with E-state index in [2.05, 4.69) is 22.2 Å². The molecule has 1 aliphatic rings. The van der Waals surface area contributed by atoms with Crippen LogP contribution in [0.3, 0.4) is 0 Å². The molecular weight excluding hydrogens is 550 g/mol. The zero-order valence-electron chi connectivity index (χ0n) is 25.0. The molecule has 10 nitrogen and oxygen atoms in total. The number of aryl methyl sites for hydroxylation is 1. The van der Waals surface area contributed by atoms with Gasteiger partial charge in [-0.2, -0.15) is 0 Å². The van der Waals surface area contributed by atoms with Gasteiger partial charge in [0.2, 0.25) is 5.91 Å². The van der Waals surface area contributed by atoms with E-state index in [-0.39, 0.29) is 25.4 Å². The Morgan fingerprint density at radius 3 is 2.35 bits per heavy atom. The highest BCUT2D eigenvalue weighted by molar-refractivity contribution is 6.05. The Hall–Kier alpha value is -4.57. The van der Waals surface area contributed by atoms with E-state index in [1.54, 1.807) is 25.1 Å². The number of aliphatic imine (C=N–C) groups is 1. The van der Waals surface area contributed by atoms with Gasteiger partial charge in [-0.3, -0.25) is 19.4 Å². The van der Waals surface area contributed by atoms with Gasteiger partial charge in [0.1, 0.15) is 11.6 Å². The van der Waals surface area contributed by atoms with Crippen LogP contribution >= 0.6 is 0 Å². The molecule has 0 spiro atoms. The van der Waals surface area contributed by atoms with Crippen LogP contribution in [0.5, 0.6) is 0 Å². The van der Waals surface area contributed by atoms with Crippen LogP contribution in [-0.4, -0.2) is 59.9 Å². The molecule has 2 amide bonds. The third kappa shape index (κ3) is 9.21. The Morgan fingerprint density at radius 2 is 1.77 bits per heavy atom. The maximum Gasteiger partial charge on any atom is 0.407 e. The fourth-order valence-electron chi connectivity index (χ4n) is 4.51. The first-order chi connectivity index (χ1) is 20.4. The van der Waals surface area contributed by atoms with Crippen LogP contribution in [0, 0.1) is 12.8 Å². The highest BCUT2D eigenvalue weighted by Gasteiger charge is 2.35. The number of ketones is 1. The third-order valence-electron chi connectivity index (χ3n) is 7.00. The van der Waals surface area contributed by atoms with Crippen LogP contribution in [0.1, 0.15) is 49.8 Å². The van der Waals surface area contributed by atoms with Crippen molar-refractivity contribution in [3.8, 4) is 0 Å². The maximum absolute atomic E-state index is 13.6. The van der Waals surface area contributed by atoms with Crippen molar-refractivity contribution in [3.63, 3.8) is 0 Å². The van der Waals surface area contributed by atoms with Gasteiger partial charge in [-0.25, -0.2) is 4.79 Å². The Balaban J connectivity index is 1.74. The molecule has 3 unspecified atom stereocenters. The fourth-order valence-corrected chi connectivity index (χ4v) is 4.51. The SMILES string of the molecule is C=C(C(=O)C(COCc1ccccc1)NC(=O)C(C)(C)NC(=O)OCC)C1=CCC(C(C(=O)O)c2ccc(C)cc2)C=N1. The molecule has 0 aromatic heterocycles. The molecule has 10 heteroatoms. The van der Waals surface area contributed by atoms with Crippen LogP contribution in [0.25, 0.3) is 0 Å². The van der Waals surface area contributed by atoms with Gasteiger partial charge in [-0.05, 0) is 45.2 Å². The van der Waals surface area contributed by atoms with E-state index >= 15 is 0 Å². The zero-order valence-corrected chi connectivity index (χ0v) is 25.0. The van der Waals surface area contributed by atoms with Crippen molar-refractivity contribution in [2.24, 2.45) is 10.9 Å². The summed E-state index contributed by atoms with van der Waals surface area (Å²) in [6.07, 6.45) is 2.79. The minimum Gasteiger partial charge on any atom is -0.481 e. The first-order valence-electron chi connectivity index (χ1n) is 14.1. The third-order valence-corrected chi connectivity index (χ3v) is 7.00. The van der Waals surface area contributed by atoms with Crippen LogP contribution in [0.15, 0.2) is 83.5 Å². The lowest BCUT2D eigenvalue weighted by molar-refractivity contribution is -0.139. The molecule has 0 bridgehead atoms. The van der Waals surface area contributed by atoms with E-state index in [9.17, 15) is 24.3 Å². The lowest BCUT2D eigenvalue weighted by Crippen LogP contribution is -2.58. The van der Waals surface area contributed by atoms with Gasteiger partial charge in [0, 0.05) is 17.7 Å². The lowest BCUT2D eigenvalue weighted by Gasteiger charge is -2.28. The Morgan fingerprint density at radius 1 is 1.09 bits per heavy atom. The minimum absolute atomic E-state index is 0.0432. The van der Waals surface area contributed by atoms with Crippen LogP contribution in [0.4, 0.5) is 4.79 Å². The van der Waals surface area contributed by atoms with Gasteiger partial charge in [-0.15, -0.1) is 0 Å². The number of nitrogens with one attached hydrogen (secondary N) is 2. The summed E-state index contributed by atoms with van der Waals surface area (Å²) in [6.45, 7) is 10.7. The summed E-state index contributed by atoms with van der Waals surface area (Å²) in [7, 11) is 0. The number of carboxylic acids is 1. The van der Waals surface area contributed by atoms with Crippen LogP contribution in [0.2, 0.25) is 0 Å².